The van der Waals surface area contributed by atoms with Crippen LogP contribution in [-0.2, 0) is 32.2 Å². The number of amides is 4. The van der Waals surface area contributed by atoms with Crippen LogP contribution in [-0.4, -0.2) is 54.1 Å². The lowest BCUT2D eigenvalue weighted by molar-refractivity contribution is -0.136. The Balaban J connectivity index is 1.14. The second kappa shape index (κ2) is 12.9. The Morgan fingerprint density at radius 3 is 2.60 bits per heavy atom. The summed E-state index contributed by atoms with van der Waals surface area (Å²) in [6.07, 6.45) is 0.756. The standard InChI is InChI=1S/C32H29F2N3O8/c33-20-5-11-26(24(34)14-20)44-22-8-6-21(7-9-22)35-32(41)43-16-19-4-3-18-15-37(25-10-12-27(38)36-30(25)39)31(40)28(18)29(19)45-23-2-1-13-42-17-23/h3-9,11,14,23,25H,1-2,10,12-13,15-17H2,(H,35,41)(H,36,38,39)/t23-,25?/m1/s1. The highest BCUT2D eigenvalue weighted by Gasteiger charge is 2.41. The van der Waals surface area contributed by atoms with E-state index < -0.39 is 35.6 Å². The highest BCUT2D eigenvalue weighted by molar-refractivity contribution is 6.06. The number of nitrogens with zero attached hydrogens (tertiary/aromatic N) is 1. The maximum atomic E-state index is 13.9. The molecule has 0 aromatic heterocycles. The van der Waals surface area contributed by atoms with Crippen LogP contribution in [0, 0.1) is 11.6 Å². The van der Waals surface area contributed by atoms with Gasteiger partial charge in [0.2, 0.25) is 11.8 Å². The van der Waals surface area contributed by atoms with Crippen molar-refractivity contribution in [2.45, 2.75) is 51.0 Å². The zero-order chi connectivity index (χ0) is 31.5. The lowest BCUT2D eigenvalue weighted by Crippen LogP contribution is -2.52. The Bertz CT molecular complexity index is 1640. The molecule has 2 N–H and O–H groups in total. The Hall–Kier alpha value is -5.04. The lowest BCUT2D eigenvalue weighted by atomic mass is 10.0. The fourth-order valence-electron chi connectivity index (χ4n) is 5.47. The molecule has 3 aromatic carbocycles. The van der Waals surface area contributed by atoms with Gasteiger partial charge >= 0.3 is 6.09 Å². The molecule has 3 aliphatic rings. The van der Waals surface area contributed by atoms with Gasteiger partial charge < -0.3 is 23.8 Å². The van der Waals surface area contributed by atoms with Gasteiger partial charge in [-0.15, -0.1) is 0 Å². The van der Waals surface area contributed by atoms with Crippen LogP contribution >= 0.6 is 0 Å². The van der Waals surface area contributed by atoms with E-state index in [1.165, 1.54) is 35.2 Å². The van der Waals surface area contributed by atoms with Gasteiger partial charge in [0.1, 0.15) is 36.1 Å². The molecule has 0 radical (unpaired) electrons. The maximum absolute atomic E-state index is 13.9. The maximum Gasteiger partial charge on any atom is 0.411 e. The topological polar surface area (TPSA) is 132 Å². The Morgan fingerprint density at radius 2 is 1.87 bits per heavy atom. The van der Waals surface area contributed by atoms with Crippen molar-refractivity contribution in [3.63, 3.8) is 0 Å². The summed E-state index contributed by atoms with van der Waals surface area (Å²) in [7, 11) is 0. The monoisotopic (exact) mass is 621 g/mol. The van der Waals surface area contributed by atoms with Crippen molar-refractivity contribution < 1.29 is 46.9 Å². The van der Waals surface area contributed by atoms with Crippen molar-refractivity contribution in [2.24, 2.45) is 0 Å². The summed E-state index contributed by atoms with van der Waals surface area (Å²) < 4.78 is 49.8. The number of carbonyl (C=O) groups is 4. The molecule has 4 amide bonds. The van der Waals surface area contributed by atoms with Crippen LogP contribution in [0.3, 0.4) is 0 Å². The number of hydrogen-bond acceptors (Lipinski definition) is 8. The van der Waals surface area contributed by atoms with Crippen molar-refractivity contribution in [1.29, 1.82) is 0 Å². The van der Waals surface area contributed by atoms with Crippen molar-refractivity contribution in [1.82, 2.24) is 10.2 Å². The van der Waals surface area contributed by atoms with Gasteiger partial charge in [-0.1, -0.05) is 12.1 Å². The minimum absolute atomic E-state index is 0.135. The van der Waals surface area contributed by atoms with E-state index in [1.54, 1.807) is 12.1 Å². The van der Waals surface area contributed by atoms with Gasteiger partial charge in [0, 0.05) is 36.9 Å². The average Bonchev–Trinajstić information content (AvgIpc) is 3.35. The Morgan fingerprint density at radius 1 is 1.04 bits per heavy atom. The molecule has 1 unspecified atom stereocenters. The van der Waals surface area contributed by atoms with Crippen molar-refractivity contribution in [2.75, 3.05) is 18.5 Å². The van der Waals surface area contributed by atoms with Gasteiger partial charge in [-0.2, -0.15) is 0 Å². The molecular weight excluding hydrogens is 592 g/mol. The molecule has 0 spiro atoms. The Kier molecular flexibility index (Phi) is 8.60. The molecule has 13 heteroatoms. The molecule has 11 nitrogen and oxygen atoms in total. The number of rotatable bonds is 8. The third kappa shape index (κ3) is 6.73. The number of ether oxygens (including phenoxy) is 4. The van der Waals surface area contributed by atoms with Crippen molar-refractivity contribution in [3.8, 4) is 17.2 Å². The van der Waals surface area contributed by atoms with E-state index >= 15 is 0 Å². The SMILES string of the molecule is O=C1CCC(N2Cc3ccc(COC(=O)Nc4ccc(Oc5ccc(F)cc5F)cc4)c(O[C@@H]4CCCOC4)c3C2=O)C(=O)N1. The largest absolute Gasteiger partial charge is 0.487 e. The van der Waals surface area contributed by atoms with E-state index in [0.29, 0.717) is 48.1 Å². The van der Waals surface area contributed by atoms with Crippen molar-refractivity contribution in [3.05, 3.63) is 82.9 Å². The first-order valence-corrected chi connectivity index (χ1v) is 14.5. The number of hydrogen-bond donors (Lipinski definition) is 2. The molecule has 2 fully saturated rings. The first kappa shape index (κ1) is 30.0. The quantitative estimate of drug-likeness (QED) is 0.342. The number of benzene rings is 3. The number of imide groups is 1. The molecule has 6 rings (SSSR count). The number of piperidine rings is 1. The summed E-state index contributed by atoms with van der Waals surface area (Å²) in [5.74, 6) is -2.48. The molecule has 234 valence electrons. The van der Waals surface area contributed by atoms with E-state index in [0.717, 1.165) is 12.5 Å². The summed E-state index contributed by atoms with van der Waals surface area (Å²) in [5, 5.41) is 4.89. The van der Waals surface area contributed by atoms with Gasteiger partial charge in [0.15, 0.2) is 11.6 Å². The van der Waals surface area contributed by atoms with E-state index in [9.17, 15) is 28.0 Å². The van der Waals surface area contributed by atoms with Gasteiger partial charge in [-0.05, 0) is 61.2 Å². The molecule has 3 aliphatic heterocycles. The van der Waals surface area contributed by atoms with Gasteiger partial charge in [-0.3, -0.25) is 25.0 Å². The predicted octanol–water partition coefficient (Wildman–Crippen LogP) is 4.82. The predicted molar refractivity (Wildman–Crippen MR) is 154 cm³/mol. The zero-order valence-electron chi connectivity index (χ0n) is 24.0. The normalized spacial score (nSPS) is 19.5. The summed E-state index contributed by atoms with van der Waals surface area (Å²) in [6, 6.07) is 11.7. The average molecular weight is 622 g/mol. The first-order valence-electron chi connectivity index (χ1n) is 14.5. The second-order valence-corrected chi connectivity index (χ2v) is 10.8. The van der Waals surface area contributed by atoms with Crippen LogP contribution in [0.2, 0.25) is 0 Å². The smallest absolute Gasteiger partial charge is 0.411 e. The molecule has 0 saturated carbocycles. The fourth-order valence-corrected chi connectivity index (χ4v) is 5.47. The summed E-state index contributed by atoms with van der Waals surface area (Å²) >= 11 is 0. The summed E-state index contributed by atoms with van der Waals surface area (Å²) in [4.78, 5) is 52.0. The molecule has 0 bridgehead atoms. The van der Waals surface area contributed by atoms with Gasteiger partial charge in [0.05, 0.1) is 12.2 Å². The van der Waals surface area contributed by atoms with Crippen LogP contribution in [0.25, 0.3) is 0 Å². The van der Waals surface area contributed by atoms with Crippen molar-refractivity contribution >= 4 is 29.5 Å². The summed E-state index contributed by atoms with van der Waals surface area (Å²) in [6.45, 7) is 0.899. The minimum Gasteiger partial charge on any atom is -0.487 e. The molecule has 3 aromatic rings. The zero-order valence-corrected chi connectivity index (χ0v) is 24.0. The second-order valence-electron chi connectivity index (χ2n) is 10.8. The third-order valence-corrected chi connectivity index (χ3v) is 7.71. The molecule has 2 atom stereocenters. The number of fused-ring (bicyclic) bond motifs is 1. The van der Waals surface area contributed by atoms with E-state index in [2.05, 4.69) is 10.6 Å². The van der Waals surface area contributed by atoms with Gasteiger partial charge in [-0.25, -0.2) is 13.6 Å². The van der Waals surface area contributed by atoms with Crippen LogP contribution in [0.5, 0.6) is 17.2 Å². The number of anilines is 1. The molecule has 2 saturated heterocycles. The summed E-state index contributed by atoms with van der Waals surface area (Å²) in [5.41, 5.74) is 1.78. The lowest BCUT2D eigenvalue weighted by Gasteiger charge is -2.29. The number of carbonyl (C=O) groups excluding carboxylic acids is 4. The van der Waals surface area contributed by atoms with Gasteiger partial charge in [0.25, 0.3) is 5.91 Å². The molecule has 45 heavy (non-hydrogen) atoms. The van der Waals surface area contributed by atoms with Crippen LogP contribution < -0.4 is 20.1 Å². The van der Waals surface area contributed by atoms with E-state index in [1.807, 2.05) is 0 Å². The fraction of sp³-hybridized carbons (Fsp3) is 0.312. The highest BCUT2D eigenvalue weighted by atomic mass is 19.1. The third-order valence-electron chi connectivity index (χ3n) is 7.71. The van der Waals surface area contributed by atoms with E-state index in [-0.39, 0.29) is 55.3 Å². The molecule has 3 heterocycles. The molecule has 0 aliphatic carbocycles. The number of halogens is 2. The molecular formula is C32H29F2N3O8. The Labute approximate surface area is 256 Å². The first-order chi connectivity index (χ1) is 21.7. The van der Waals surface area contributed by atoms with Crippen LogP contribution in [0.1, 0.15) is 47.2 Å². The van der Waals surface area contributed by atoms with Crippen LogP contribution in [0.15, 0.2) is 54.6 Å². The van der Waals surface area contributed by atoms with E-state index in [4.69, 9.17) is 18.9 Å². The number of nitrogens with one attached hydrogen (secondary N) is 2. The van der Waals surface area contributed by atoms with Crippen LogP contribution in [0.4, 0.5) is 19.3 Å². The minimum atomic E-state index is -0.850. The highest BCUT2D eigenvalue weighted by Crippen LogP contribution is 2.38.